The van der Waals surface area contributed by atoms with Crippen molar-refractivity contribution in [2.75, 3.05) is 5.73 Å². The summed E-state index contributed by atoms with van der Waals surface area (Å²) in [5, 5.41) is 4.14. The first-order valence-electron chi connectivity index (χ1n) is 5.01. The lowest BCUT2D eigenvalue weighted by molar-refractivity contribution is 0.770. The first kappa shape index (κ1) is 10.5. The topological polar surface area (TPSA) is 82.2 Å². The van der Waals surface area contributed by atoms with Gasteiger partial charge in [0, 0.05) is 12.5 Å². The summed E-state index contributed by atoms with van der Waals surface area (Å²) in [7, 11) is 0. The smallest absolute Gasteiger partial charge is 0.178 e. The van der Waals surface area contributed by atoms with Crippen LogP contribution in [0.5, 0.6) is 0 Å². The third-order valence-electron chi connectivity index (χ3n) is 2.07. The lowest BCUT2D eigenvalue weighted by Gasteiger charge is -1.96. The highest BCUT2D eigenvalue weighted by atomic mass is 15.3. The molecule has 82 valence electrons. The molecule has 0 amide bonds. The molecule has 0 spiro atoms. The summed E-state index contributed by atoms with van der Waals surface area (Å²) in [5.74, 6) is 5.96. The Morgan fingerprint density at radius 1 is 1.56 bits per heavy atom. The van der Waals surface area contributed by atoms with Gasteiger partial charge in [0.05, 0.1) is 18.1 Å². The summed E-state index contributed by atoms with van der Waals surface area (Å²) in [6.07, 6.45) is 3.93. The monoisotopic (exact) mass is 215 g/mol. The zero-order chi connectivity index (χ0) is 11.5. The zero-order valence-electron chi connectivity index (χ0n) is 9.01. The summed E-state index contributed by atoms with van der Waals surface area (Å²) in [4.78, 5) is 4.16. The molecule has 0 radical (unpaired) electrons. The lowest BCUT2D eigenvalue weighted by Crippen LogP contribution is -2.12. The van der Waals surface area contributed by atoms with Gasteiger partial charge in [0.2, 0.25) is 0 Å². The van der Waals surface area contributed by atoms with Crippen LogP contribution in [0.2, 0.25) is 0 Å². The van der Waals surface area contributed by atoms with Crippen molar-refractivity contribution in [2.45, 2.75) is 19.4 Å². The van der Waals surface area contributed by atoms with Crippen molar-refractivity contribution in [1.29, 1.82) is 0 Å². The van der Waals surface area contributed by atoms with E-state index in [1.54, 1.807) is 23.0 Å². The van der Waals surface area contributed by atoms with Gasteiger partial charge in [0.25, 0.3) is 0 Å². The van der Waals surface area contributed by atoms with E-state index in [0.717, 1.165) is 5.69 Å². The van der Waals surface area contributed by atoms with Crippen LogP contribution in [0.1, 0.15) is 19.0 Å². The molecule has 5 nitrogen and oxygen atoms in total. The van der Waals surface area contributed by atoms with Crippen molar-refractivity contribution in [3.8, 4) is 11.8 Å². The van der Waals surface area contributed by atoms with Gasteiger partial charge in [0.1, 0.15) is 5.69 Å². The Morgan fingerprint density at radius 2 is 2.38 bits per heavy atom. The van der Waals surface area contributed by atoms with Gasteiger partial charge in [-0.1, -0.05) is 5.92 Å². The van der Waals surface area contributed by atoms with Crippen molar-refractivity contribution in [3.63, 3.8) is 0 Å². The average Bonchev–Trinajstić information content (AvgIpc) is 2.63. The van der Waals surface area contributed by atoms with Gasteiger partial charge in [0.15, 0.2) is 5.65 Å². The van der Waals surface area contributed by atoms with Crippen molar-refractivity contribution < 1.29 is 0 Å². The van der Waals surface area contributed by atoms with Gasteiger partial charge in [-0.05, 0) is 18.9 Å². The highest BCUT2D eigenvalue weighted by Gasteiger charge is 2.03. The molecule has 2 rings (SSSR count). The molecule has 0 aliphatic carbocycles. The maximum absolute atomic E-state index is 5.75. The Kier molecular flexibility index (Phi) is 2.75. The largest absolute Gasteiger partial charge is 0.396 e. The van der Waals surface area contributed by atoms with Gasteiger partial charge in [-0.25, -0.2) is 9.50 Å². The second kappa shape index (κ2) is 4.21. The van der Waals surface area contributed by atoms with Crippen molar-refractivity contribution in [1.82, 2.24) is 14.6 Å². The predicted octanol–water partition coefficient (Wildman–Crippen LogP) is 0.400. The van der Waals surface area contributed by atoms with E-state index in [1.807, 2.05) is 6.92 Å². The molecule has 5 heteroatoms. The van der Waals surface area contributed by atoms with E-state index in [4.69, 9.17) is 11.5 Å². The SMILES string of the molecule is C[C@@H](N)CC#Cc1cnc2c(N)ccnn12. The number of aromatic nitrogens is 3. The van der Waals surface area contributed by atoms with Crippen molar-refractivity contribution in [3.05, 3.63) is 24.2 Å². The highest BCUT2D eigenvalue weighted by molar-refractivity contribution is 5.64. The van der Waals surface area contributed by atoms with Crippen LogP contribution in [0.3, 0.4) is 0 Å². The Morgan fingerprint density at radius 3 is 3.12 bits per heavy atom. The number of rotatable bonds is 1. The molecule has 2 aromatic heterocycles. The molecule has 0 aliphatic heterocycles. The Balaban J connectivity index is 2.38. The summed E-state index contributed by atoms with van der Waals surface area (Å²) < 4.78 is 1.63. The number of nitrogens with zero attached hydrogens (tertiary/aromatic N) is 3. The fourth-order valence-electron chi connectivity index (χ4n) is 1.30. The molecule has 4 N–H and O–H groups in total. The van der Waals surface area contributed by atoms with Crippen LogP contribution in [0.15, 0.2) is 18.5 Å². The number of anilines is 1. The summed E-state index contributed by atoms with van der Waals surface area (Å²) in [5.41, 5.74) is 13.3. The number of nitrogens with two attached hydrogens (primary N) is 2. The van der Waals surface area contributed by atoms with Gasteiger partial charge in [-0.3, -0.25) is 0 Å². The van der Waals surface area contributed by atoms with E-state index in [1.165, 1.54) is 0 Å². The molecule has 0 aromatic carbocycles. The molecular formula is C11H13N5. The minimum Gasteiger partial charge on any atom is -0.396 e. The van der Waals surface area contributed by atoms with Gasteiger partial charge in [-0.15, -0.1) is 0 Å². The molecule has 0 aliphatic rings. The summed E-state index contributed by atoms with van der Waals surface area (Å²) >= 11 is 0. The van der Waals surface area contributed by atoms with Crippen LogP contribution in [0.25, 0.3) is 5.65 Å². The standard InChI is InChI=1S/C11H13N5/c1-8(12)3-2-4-9-7-14-11-10(13)5-6-15-16(9)11/h5-8H,3,12-13H2,1H3/t8-/m1/s1. The summed E-state index contributed by atoms with van der Waals surface area (Å²) in [6, 6.07) is 1.78. The van der Waals surface area contributed by atoms with Crippen LogP contribution in [0, 0.1) is 11.8 Å². The maximum atomic E-state index is 5.75. The van der Waals surface area contributed by atoms with Gasteiger partial charge < -0.3 is 11.5 Å². The van der Waals surface area contributed by atoms with E-state index >= 15 is 0 Å². The van der Waals surface area contributed by atoms with E-state index in [9.17, 15) is 0 Å². The second-order valence-corrected chi connectivity index (χ2v) is 3.65. The van der Waals surface area contributed by atoms with Crippen LogP contribution in [-0.2, 0) is 0 Å². The van der Waals surface area contributed by atoms with Crippen LogP contribution in [-0.4, -0.2) is 20.6 Å². The number of fused-ring (bicyclic) bond motifs is 1. The predicted molar refractivity (Wildman–Crippen MR) is 62.5 cm³/mol. The fourth-order valence-corrected chi connectivity index (χ4v) is 1.30. The minimum atomic E-state index is 0.0738. The first-order valence-corrected chi connectivity index (χ1v) is 5.01. The van der Waals surface area contributed by atoms with Crippen molar-refractivity contribution in [2.24, 2.45) is 5.73 Å². The number of nitrogen functional groups attached to an aromatic ring is 1. The van der Waals surface area contributed by atoms with E-state index < -0.39 is 0 Å². The molecule has 0 unspecified atom stereocenters. The Labute approximate surface area is 93.5 Å². The van der Waals surface area contributed by atoms with E-state index in [-0.39, 0.29) is 6.04 Å². The number of hydrogen-bond donors (Lipinski definition) is 2. The number of imidazole rings is 1. The van der Waals surface area contributed by atoms with Crippen LogP contribution in [0.4, 0.5) is 5.69 Å². The molecule has 0 bridgehead atoms. The molecule has 2 heterocycles. The Hall–Kier alpha value is -2.06. The highest BCUT2D eigenvalue weighted by Crippen LogP contribution is 2.10. The lowest BCUT2D eigenvalue weighted by atomic mass is 10.2. The molecule has 1 atom stereocenters. The average molecular weight is 215 g/mol. The van der Waals surface area contributed by atoms with Crippen LogP contribution >= 0.6 is 0 Å². The maximum Gasteiger partial charge on any atom is 0.178 e. The molecule has 0 saturated heterocycles. The Bertz CT molecular complexity index is 558. The van der Waals surface area contributed by atoms with Gasteiger partial charge >= 0.3 is 0 Å². The minimum absolute atomic E-state index is 0.0738. The fraction of sp³-hybridized carbons (Fsp3) is 0.273. The van der Waals surface area contributed by atoms with E-state index in [0.29, 0.717) is 17.8 Å². The molecule has 2 aromatic rings. The first-order chi connectivity index (χ1) is 7.68. The molecule has 0 saturated carbocycles. The molecular weight excluding hydrogens is 202 g/mol. The quantitative estimate of drug-likeness (QED) is 0.674. The number of hydrogen-bond acceptors (Lipinski definition) is 4. The molecule has 0 fully saturated rings. The molecule has 16 heavy (non-hydrogen) atoms. The normalized spacial score (nSPS) is 12.1. The third kappa shape index (κ3) is 1.97. The zero-order valence-corrected chi connectivity index (χ0v) is 9.01. The van der Waals surface area contributed by atoms with Crippen LogP contribution < -0.4 is 11.5 Å². The van der Waals surface area contributed by atoms with E-state index in [2.05, 4.69) is 21.9 Å². The summed E-state index contributed by atoms with van der Waals surface area (Å²) in [6.45, 7) is 1.92. The second-order valence-electron chi connectivity index (χ2n) is 3.65. The van der Waals surface area contributed by atoms with Crippen molar-refractivity contribution >= 4 is 11.3 Å². The van der Waals surface area contributed by atoms with Gasteiger partial charge in [-0.2, -0.15) is 5.10 Å². The third-order valence-corrected chi connectivity index (χ3v) is 2.07.